The number of halogens is 1. The van der Waals surface area contributed by atoms with E-state index in [-0.39, 0.29) is 5.91 Å². The lowest BCUT2D eigenvalue weighted by atomic mass is 10.2. The van der Waals surface area contributed by atoms with Crippen molar-refractivity contribution < 1.29 is 9.18 Å². The van der Waals surface area contributed by atoms with Crippen LogP contribution in [0, 0.1) is 5.92 Å². The lowest BCUT2D eigenvalue weighted by Gasteiger charge is -2.18. The first-order valence-electron chi connectivity index (χ1n) is 4.02. The Morgan fingerprint density at radius 1 is 1.77 bits per heavy atom. The van der Waals surface area contributed by atoms with Crippen LogP contribution in [0.4, 0.5) is 10.1 Å². The molecule has 0 aliphatic rings. The number of carbonyl (C=O) groups excluding carboxylic acids is 1. The van der Waals surface area contributed by atoms with Crippen LogP contribution >= 0.6 is 11.3 Å². The van der Waals surface area contributed by atoms with Crippen LogP contribution in [0.5, 0.6) is 0 Å². The quantitative estimate of drug-likeness (QED) is 0.735. The van der Waals surface area contributed by atoms with Gasteiger partial charge in [0.1, 0.15) is 6.67 Å². The second-order valence-corrected chi connectivity index (χ2v) is 3.71. The average Bonchev–Trinajstić information content (AvgIpc) is 2.67. The zero-order chi connectivity index (χ0) is 9.84. The van der Waals surface area contributed by atoms with E-state index in [1.807, 2.05) is 16.8 Å². The van der Waals surface area contributed by atoms with Gasteiger partial charge in [0.15, 0.2) is 0 Å². The van der Waals surface area contributed by atoms with Crippen LogP contribution in [0.15, 0.2) is 16.8 Å². The van der Waals surface area contributed by atoms with E-state index in [1.165, 1.54) is 16.2 Å². The van der Waals surface area contributed by atoms with Crippen molar-refractivity contribution in [2.75, 3.05) is 18.6 Å². The fourth-order valence-electron chi connectivity index (χ4n) is 0.972. The largest absolute Gasteiger partial charge is 0.314 e. The first-order valence-corrected chi connectivity index (χ1v) is 4.96. The summed E-state index contributed by atoms with van der Waals surface area (Å²) in [7, 11) is 1.66. The van der Waals surface area contributed by atoms with Gasteiger partial charge in [-0.05, 0) is 11.4 Å². The van der Waals surface area contributed by atoms with Gasteiger partial charge in [0.25, 0.3) is 0 Å². The van der Waals surface area contributed by atoms with Crippen molar-refractivity contribution in [1.29, 1.82) is 0 Å². The van der Waals surface area contributed by atoms with Crippen molar-refractivity contribution in [3.8, 4) is 0 Å². The fraction of sp³-hybridized carbons (Fsp3) is 0.444. The molecule has 1 heterocycles. The van der Waals surface area contributed by atoms with Gasteiger partial charge in [-0.25, -0.2) is 0 Å². The SMILES string of the molecule is CC(CF)C(=O)N(C)c1ccsc1. The highest BCUT2D eigenvalue weighted by atomic mass is 32.1. The number of rotatable bonds is 3. The summed E-state index contributed by atoms with van der Waals surface area (Å²) in [6.45, 7) is 0.985. The van der Waals surface area contributed by atoms with E-state index >= 15 is 0 Å². The average molecular weight is 201 g/mol. The van der Waals surface area contributed by atoms with Gasteiger partial charge in [-0.15, -0.1) is 0 Å². The molecule has 0 fully saturated rings. The van der Waals surface area contributed by atoms with Crippen molar-refractivity contribution in [3.63, 3.8) is 0 Å². The van der Waals surface area contributed by atoms with Crippen molar-refractivity contribution in [3.05, 3.63) is 16.8 Å². The number of hydrogen-bond donors (Lipinski definition) is 0. The summed E-state index contributed by atoms with van der Waals surface area (Å²) in [5.74, 6) is -0.731. The second kappa shape index (κ2) is 4.37. The van der Waals surface area contributed by atoms with Crippen LogP contribution in [0.1, 0.15) is 6.92 Å². The Hall–Kier alpha value is -0.900. The number of carbonyl (C=O) groups is 1. The zero-order valence-electron chi connectivity index (χ0n) is 7.66. The van der Waals surface area contributed by atoms with Crippen LogP contribution in [0.3, 0.4) is 0 Å². The zero-order valence-corrected chi connectivity index (χ0v) is 8.47. The van der Waals surface area contributed by atoms with E-state index in [4.69, 9.17) is 0 Å². The molecular formula is C9H12FNOS. The number of alkyl halides is 1. The molecule has 0 spiro atoms. The van der Waals surface area contributed by atoms with Crippen LogP contribution in [0.25, 0.3) is 0 Å². The number of nitrogens with zero attached hydrogens (tertiary/aromatic N) is 1. The highest BCUT2D eigenvalue weighted by Crippen LogP contribution is 2.18. The normalized spacial score (nSPS) is 12.5. The summed E-state index contributed by atoms with van der Waals surface area (Å²) >= 11 is 1.52. The number of hydrogen-bond acceptors (Lipinski definition) is 2. The summed E-state index contributed by atoms with van der Waals surface area (Å²) in [5.41, 5.74) is 0.829. The maximum Gasteiger partial charge on any atom is 0.232 e. The molecule has 0 saturated carbocycles. The molecule has 0 saturated heterocycles. The van der Waals surface area contributed by atoms with Gasteiger partial charge >= 0.3 is 0 Å². The lowest BCUT2D eigenvalue weighted by Crippen LogP contribution is -2.32. The third-order valence-corrected chi connectivity index (χ3v) is 2.55. The highest BCUT2D eigenvalue weighted by molar-refractivity contribution is 7.08. The number of thiophene rings is 1. The molecule has 0 radical (unpaired) electrons. The molecule has 1 atom stereocenters. The summed E-state index contributed by atoms with van der Waals surface area (Å²) in [4.78, 5) is 12.9. The van der Waals surface area contributed by atoms with Gasteiger partial charge in [-0.1, -0.05) is 6.92 Å². The van der Waals surface area contributed by atoms with E-state index < -0.39 is 12.6 Å². The second-order valence-electron chi connectivity index (χ2n) is 2.93. The van der Waals surface area contributed by atoms with E-state index in [1.54, 1.807) is 14.0 Å². The van der Waals surface area contributed by atoms with Crippen molar-refractivity contribution >= 4 is 22.9 Å². The Kier molecular flexibility index (Phi) is 3.42. The van der Waals surface area contributed by atoms with E-state index in [2.05, 4.69) is 0 Å². The Morgan fingerprint density at radius 2 is 2.46 bits per heavy atom. The molecule has 0 N–H and O–H groups in total. The van der Waals surface area contributed by atoms with Crippen LogP contribution in [-0.2, 0) is 4.79 Å². The molecule has 1 amide bonds. The van der Waals surface area contributed by atoms with E-state index in [9.17, 15) is 9.18 Å². The minimum Gasteiger partial charge on any atom is -0.314 e. The molecule has 4 heteroatoms. The third kappa shape index (κ3) is 2.28. The molecule has 1 aromatic rings. The van der Waals surface area contributed by atoms with Crippen molar-refractivity contribution in [1.82, 2.24) is 0 Å². The molecule has 2 nitrogen and oxygen atoms in total. The Morgan fingerprint density at radius 3 is 2.92 bits per heavy atom. The molecule has 0 aromatic carbocycles. The summed E-state index contributed by atoms with van der Waals surface area (Å²) in [6.07, 6.45) is 0. The standard InChI is InChI=1S/C9H12FNOS/c1-7(5-10)9(12)11(2)8-3-4-13-6-8/h3-4,6-7H,5H2,1-2H3. The van der Waals surface area contributed by atoms with Gasteiger partial charge in [-0.3, -0.25) is 9.18 Å². The van der Waals surface area contributed by atoms with Crippen molar-refractivity contribution in [2.24, 2.45) is 5.92 Å². The van der Waals surface area contributed by atoms with Crippen LogP contribution in [0.2, 0.25) is 0 Å². The van der Waals surface area contributed by atoms with Gasteiger partial charge in [0.2, 0.25) is 5.91 Å². The molecule has 1 unspecified atom stereocenters. The summed E-state index contributed by atoms with van der Waals surface area (Å²) in [5, 5.41) is 3.75. The Labute approximate surface area is 81.0 Å². The monoisotopic (exact) mass is 201 g/mol. The topological polar surface area (TPSA) is 20.3 Å². The molecule has 13 heavy (non-hydrogen) atoms. The molecule has 0 bridgehead atoms. The van der Waals surface area contributed by atoms with Crippen LogP contribution in [-0.4, -0.2) is 19.6 Å². The predicted molar refractivity (Wildman–Crippen MR) is 52.9 cm³/mol. The van der Waals surface area contributed by atoms with Gasteiger partial charge in [0.05, 0.1) is 11.6 Å². The first-order chi connectivity index (χ1) is 6.16. The van der Waals surface area contributed by atoms with E-state index in [0.717, 1.165) is 5.69 Å². The lowest BCUT2D eigenvalue weighted by molar-refractivity contribution is -0.122. The highest BCUT2D eigenvalue weighted by Gasteiger charge is 2.18. The summed E-state index contributed by atoms with van der Waals surface area (Å²) in [6, 6.07) is 1.84. The maximum absolute atomic E-state index is 12.2. The predicted octanol–water partition coefficient (Wildman–Crippen LogP) is 2.32. The molecule has 1 aromatic heterocycles. The van der Waals surface area contributed by atoms with Crippen LogP contribution < -0.4 is 4.90 Å². The molecule has 0 aliphatic heterocycles. The number of anilines is 1. The third-order valence-electron chi connectivity index (χ3n) is 1.88. The summed E-state index contributed by atoms with van der Waals surface area (Å²) < 4.78 is 12.2. The Bertz CT molecular complexity index is 273. The molecular weight excluding hydrogens is 189 g/mol. The maximum atomic E-state index is 12.2. The van der Waals surface area contributed by atoms with Crippen molar-refractivity contribution in [2.45, 2.75) is 6.92 Å². The number of amides is 1. The smallest absolute Gasteiger partial charge is 0.232 e. The minimum absolute atomic E-state index is 0.180. The van der Waals surface area contributed by atoms with Gasteiger partial charge in [0, 0.05) is 12.4 Å². The Balaban J connectivity index is 2.68. The fourth-order valence-corrected chi connectivity index (χ4v) is 1.64. The molecule has 1 rings (SSSR count). The minimum atomic E-state index is -0.604. The van der Waals surface area contributed by atoms with Gasteiger partial charge in [-0.2, -0.15) is 11.3 Å². The molecule has 0 aliphatic carbocycles. The molecule has 72 valence electrons. The first kappa shape index (κ1) is 10.2. The van der Waals surface area contributed by atoms with Gasteiger partial charge < -0.3 is 4.90 Å². The van der Waals surface area contributed by atoms with E-state index in [0.29, 0.717) is 0 Å².